The smallest absolute Gasteiger partial charge is 0.277 e. The molecule has 0 aliphatic rings. The summed E-state index contributed by atoms with van der Waals surface area (Å²) in [6.45, 7) is 8.04. The number of rotatable bonds is 7. The molecule has 3 rings (SSSR count). The highest BCUT2D eigenvalue weighted by atomic mass is 19.1. The molecule has 0 unspecified atom stereocenters. The van der Waals surface area contributed by atoms with Crippen molar-refractivity contribution >= 4 is 11.6 Å². The first-order valence-corrected chi connectivity index (χ1v) is 10.5. The van der Waals surface area contributed by atoms with Crippen molar-refractivity contribution in [3.05, 3.63) is 68.3 Å². The van der Waals surface area contributed by atoms with Crippen LogP contribution in [0.25, 0.3) is 5.65 Å². The summed E-state index contributed by atoms with van der Waals surface area (Å²) in [6.07, 6.45) is 2.14. The van der Waals surface area contributed by atoms with Gasteiger partial charge in [0.15, 0.2) is 0 Å². The Kier molecular flexibility index (Phi) is 6.57. The third kappa shape index (κ3) is 4.11. The molecule has 0 atom stereocenters. The lowest BCUT2D eigenvalue weighted by Crippen LogP contribution is -2.32. The molecule has 31 heavy (non-hydrogen) atoms. The van der Waals surface area contributed by atoms with Crippen LogP contribution in [0.2, 0.25) is 0 Å². The van der Waals surface area contributed by atoms with Crippen molar-refractivity contribution in [3.63, 3.8) is 0 Å². The Morgan fingerprint density at radius 1 is 1.16 bits per heavy atom. The number of hydrogen-bond donors (Lipinski definition) is 0. The van der Waals surface area contributed by atoms with E-state index in [4.69, 9.17) is 0 Å². The molecule has 166 valence electrons. The first kappa shape index (κ1) is 22.7. The maximum absolute atomic E-state index is 14.2. The van der Waals surface area contributed by atoms with Gasteiger partial charge in [-0.1, -0.05) is 20.3 Å². The topological polar surface area (TPSA) is 59.6 Å². The van der Waals surface area contributed by atoms with E-state index in [0.29, 0.717) is 36.3 Å². The molecular weight excluding hydrogens is 402 g/mol. The zero-order chi connectivity index (χ0) is 22.9. The van der Waals surface area contributed by atoms with Crippen LogP contribution in [0.4, 0.5) is 8.78 Å². The number of amides is 1. The van der Waals surface area contributed by atoms with E-state index < -0.39 is 17.5 Å². The fourth-order valence-corrected chi connectivity index (χ4v) is 3.86. The second kappa shape index (κ2) is 8.99. The van der Waals surface area contributed by atoms with Crippen LogP contribution in [-0.2, 0) is 20.0 Å². The SMILES string of the molecule is CCCc1c(CN(CCC)C(=O)c2cc(F)ccc2F)nn2c(=O)c(C)c(C)n(C)c12. The third-order valence-corrected chi connectivity index (χ3v) is 5.70. The highest BCUT2D eigenvalue weighted by Gasteiger charge is 2.24. The molecule has 0 radical (unpaired) electrons. The first-order chi connectivity index (χ1) is 14.7. The molecule has 8 heteroatoms. The Bertz CT molecular complexity index is 1200. The van der Waals surface area contributed by atoms with Crippen molar-refractivity contribution in [2.75, 3.05) is 6.54 Å². The number of benzene rings is 1. The molecule has 0 aliphatic carbocycles. The molecule has 2 heterocycles. The Morgan fingerprint density at radius 3 is 2.52 bits per heavy atom. The Balaban J connectivity index is 2.13. The molecule has 6 nitrogen and oxygen atoms in total. The van der Waals surface area contributed by atoms with Crippen LogP contribution in [0.5, 0.6) is 0 Å². The Labute approximate surface area is 180 Å². The molecule has 1 aromatic carbocycles. The summed E-state index contributed by atoms with van der Waals surface area (Å²) in [4.78, 5) is 27.4. The largest absolute Gasteiger partial charge is 0.333 e. The van der Waals surface area contributed by atoms with E-state index in [1.165, 1.54) is 9.42 Å². The van der Waals surface area contributed by atoms with Gasteiger partial charge >= 0.3 is 0 Å². The van der Waals surface area contributed by atoms with Crippen LogP contribution in [0.1, 0.15) is 59.6 Å². The standard InChI is InChI=1S/C23H28F2N4O2/c1-6-8-17-20(26-29-21(17)27(5)15(4)14(3)22(29)30)13-28(11-7-2)23(31)18-12-16(24)9-10-19(18)25/h9-10,12H,6-8,11,13H2,1-5H3. The molecule has 0 saturated heterocycles. The van der Waals surface area contributed by atoms with Crippen molar-refractivity contribution in [2.24, 2.45) is 7.05 Å². The van der Waals surface area contributed by atoms with Gasteiger partial charge in [-0.25, -0.2) is 8.78 Å². The normalized spacial score (nSPS) is 11.3. The Morgan fingerprint density at radius 2 is 1.87 bits per heavy atom. The third-order valence-electron chi connectivity index (χ3n) is 5.70. The molecule has 0 saturated carbocycles. The number of aryl methyl sites for hydroxylation is 2. The first-order valence-electron chi connectivity index (χ1n) is 10.5. The minimum Gasteiger partial charge on any atom is -0.333 e. The van der Waals surface area contributed by atoms with E-state index in [2.05, 4.69) is 5.10 Å². The van der Waals surface area contributed by atoms with Gasteiger partial charge in [-0.05, 0) is 44.9 Å². The minimum absolute atomic E-state index is 0.108. The quantitative estimate of drug-likeness (QED) is 0.571. The van der Waals surface area contributed by atoms with Crippen molar-refractivity contribution in [2.45, 2.75) is 53.5 Å². The van der Waals surface area contributed by atoms with Crippen LogP contribution in [0.3, 0.4) is 0 Å². The predicted molar refractivity (Wildman–Crippen MR) is 115 cm³/mol. The number of hydrogen-bond acceptors (Lipinski definition) is 3. The number of fused-ring (bicyclic) bond motifs is 1. The van der Waals surface area contributed by atoms with E-state index in [-0.39, 0.29) is 17.7 Å². The van der Waals surface area contributed by atoms with Gasteiger partial charge in [-0.3, -0.25) is 9.59 Å². The zero-order valence-electron chi connectivity index (χ0n) is 18.6. The van der Waals surface area contributed by atoms with Crippen molar-refractivity contribution in [1.29, 1.82) is 0 Å². The lowest BCUT2D eigenvalue weighted by molar-refractivity contribution is 0.0735. The maximum atomic E-state index is 14.2. The summed E-state index contributed by atoms with van der Waals surface area (Å²) < 4.78 is 31.2. The van der Waals surface area contributed by atoms with E-state index in [0.717, 1.165) is 35.9 Å². The van der Waals surface area contributed by atoms with Crippen molar-refractivity contribution in [1.82, 2.24) is 19.1 Å². The van der Waals surface area contributed by atoms with Crippen LogP contribution < -0.4 is 5.56 Å². The molecule has 0 N–H and O–H groups in total. The highest BCUT2D eigenvalue weighted by Crippen LogP contribution is 2.22. The fourth-order valence-electron chi connectivity index (χ4n) is 3.86. The molecule has 0 fully saturated rings. The zero-order valence-corrected chi connectivity index (χ0v) is 18.6. The number of halogens is 2. The van der Waals surface area contributed by atoms with E-state index >= 15 is 0 Å². The number of carbonyl (C=O) groups is 1. The average Bonchev–Trinajstić information content (AvgIpc) is 3.10. The molecular formula is C23H28F2N4O2. The Hall–Kier alpha value is -3.03. The fraction of sp³-hybridized carbons (Fsp3) is 0.435. The summed E-state index contributed by atoms with van der Waals surface area (Å²) in [5.74, 6) is -2.04. The van der Waals surface area contributed by atoms with Gasteiger partial charge in [0.05, 0.1) is 17.8 Å². The van der Waals surface area contributed by atoms with E-state index in [1.54, 1.807) is 6.92 Å². The second-order valence-electron chi connectivity index (χ2n) is 7.84. The van der Waals surface area contributed by atoms with Crippen molar-refractivity contribution < 1.29 is 13.6 Å². The van der Waals surface area contributed by atoms with Gasteiger partial charge < -0.3 is 9.47 Å². The minimum atomic E-state index is -0.768. The van der Waals surface area contributed by atoms with E-state index in [1.807, 2.05) is 32.4 Å². The molecule has 1 amide bonds. The summed E-state index contributed by atoms with van der Waals surface area (Å²) in [7, 11) is 1.89. The number of aromatic nitrogens is 3. The van der Waals surface area contributed by atoms with Gasteiger partial charge in [-0.2, -0.15) is 9.61 Å². The predicted octanol–water partition coefficient (Wildman–Crippen LogP) is 3.93. The van der Waals surface area contributed by atoms with Gasteiger partial charge in [0.25, 0.3) is 11.5 Å². The molecule has 3 aromatic rings. The van der Waals surface area contributed by atoms with E-state index in [9.17, 15) is 18.4 Å². The van der Waals surface area contributed by atoms with Gasteiger partial charge in [0.1, 0.15) is 17.3 Å². The molecule has 0 bridgehead atoms. The van der Waals surface area contributed by atoms with Gasteiger partial charge in [0.2, 0.25) is 0 Å². The molecule has 2 aromatic heterocycles. The average molecular weight is 430 g/mol. The van der Waals surface area contributed by atoms with Crippen LogP contribution in [-0.4, -0.2) is 31.5 Å². The van der Waals surface area contributed by atoms with Crippen LogP contribution in [0, 0.1) is 25.5 Å². The van der Waals surface area contributed by atoms with Gasteiger partial charge in [-0.15, -0.1) is 0 Å². The lowest BCUT2D eigenvalue weighted by atomic mass is 10.1. The lowest BCUT2D eigenvalue weighted by Gasteiger charge is -2.22. The highest BCUT2D eigenvalue weighted by molar-refractivity contribution is 5.94. The second-order valence-corrected chi connectivity index (χ2v) is 7.84. The molecule has 0 spiro atoms. The maximum Gasteiger partial charge on any atom is 0.277 e. The van der Waals surface area contributed by atoms with Crippen LogP contribution >= 0.6 is 0 Å². The summed E-state index contributed by atoms with van der Waals surface area (Å²) in [5, 5.41) is 4.55. The summed E-state index contributed by atoms with van der Waals surface area (Å²) in [6, 6.07) is 2.85. The van der Waals surface area contributed by atoms with Crippen molar-refractivity contribution in [3.8, 4) is 0 Å². The number of carbonyl (C=O) groups excluding carboxylic acids is 1. The summed E-state index contributed by atoms with van der Waals surface area (Å²) in [5.41, 5.74) is 3.14. The summed E-state index contributed by atoms with van der Waals surface area (Å²) >= 11 is 0. The number of nitrogens with zero attached hydrogens (tertiary/aromatic N) is 4. The monoisotopic (exact) mass is 430 g/mol. The van der Waals surface area contributed by atoms with Gasteiger partial charge in [0, 0.05) is 30.4 Å². The molecule has 0 aliphatic heterocycles. The van der Waals surface area contributed by atoms with Crippen LogP contribution in [0.15, 0.2) is 23.0 Å².